The van der Waals surface area contributed by atoms with Crippen molar-refractivity contribution in [3.63, 3.8) is 0 Å². The van der Waals surface area contributed by atoms with Gasteiger partial charge < -0.3 is 14.3 Å². The van der Waals surface area contributed by atoms with Crippen LogP contribution in [0.4, 0.5) is 6.01 Å². The lowest BCUT2D eigenvalue weighted by Gasteiger charge is -2.32. The molecule has 0 amide bonds. The van der Waals surface area contributed by atoms with E-state index in [1.54, 1.807) is 6.33 Å². The van der Waals surface area contributed by atoms with E-state index < -0.39 is 0 Å². The molecule has 148 valence electrons. The van der Waals surface area contributed by atoms with E-state index in [1.165, 1.54) is 0 Å². The third-order valence-electron chi connectivity index (χ3n) is 5.36. The first-order valence-electron chi connectivity index (χ1n) is 9.77. The SMILES string of the molecule is Cc1cccc(-c2nnc(N3CCc4[nH]cnc4[C@H]3c3cc4ccccn4n3)o2)n1. The molecule has 1 N–H and O–H groups in total. The highest BCUT2D eigenvalue weighted by molar-refractivity contribution is 5.53. The summed E-state index contributed by atoms with van der Waals surface area (Å²) in [6.07, 6.45) is 4.47. The molecule has 0 unspecified atom stereocenters. The summed E-state index contributed by atoms with van der Waals surface area (Å²) >= 11 is 0. The van der Waals surface area contributed by atoms with Gasteiger partial charge in [-0.2, -0.15) is 5.10 Å². The van der Waals surface area contributed by atoms with Gasteiger partial charge in [-0.25, -0.2) is 14.5 Å². The monoisotopic (exact) mass is 398 g/mol. The summed E-state index contributed by atoms with van der Waals surface area (Å²) in [6, 6.07) is 14.0. The van der Waals surface area contributed by atoms with E-state index in [9.17, 15) is 0 Å². The van der Waals surface area contributed by atoms with Crippen molar-refractivity contribution in [2.45, 2.75) is 19.4 Å². The molecule has 1 aliphatic rings. The third-order valence-corrected chi connectivity index (χ3v) is 5.36. The average Bonchev–Trinajstić information content (AvgIpc) is 3.51. The van der Waals surface area contributed by atoms with Crippen molar-refractivity contribution in [1.82, 2.24) is 34.8 Å². The Hall–Kier alpha value is -4.01. The molecule has 1 atom stereocenters. The number of fused-ring (bicyclic) bond motifs is 2. The van der Waals surface area contributed by atoms with Crippen LogP contribution >= 0.6 is 0 Å². The van der Waals surface area contributed by atoms with Crippen LogP contribution in [0, 0.1) is 6.92 Å². The molecule has 1 aliphatic heterocycles. The van der Waals surface area contributed by atoms with Crippen LogP contribution in [0.25, 0.3) is 17.1 Å². The second kappa shape index (κ2) is 6.51. The molecule has 5 aromatic rings. The number of hydrogen-bond acceptors (Lipinski definition) is 7. The zero-order valence-electron chi connectivity index (χ0n) is 16.2. The number of anilines is 1. The molecule has 0 radical (unpaired) electrons. The van der Waals surface area contributed by atoms with Crippen molar-refractivity contribution in [2.75, 3.05) is 11.4 Å². The largest absolute Gasteiger partial charge is 0.402 e. The summed E-state index contributed by atoms with van der Waals surface area (Å²) in [7, 11) is 0. The van der Waals surface area contributed by atoms with Gasteiger partial charge in [0, 0.05) is 30.6 Å². The smallest absolute Gasteiger partial charge is 0.319 e. The molecule has 6 rings (SSSR count). The van der Waals surface area contributed by atoms with E-state index in [0.29, 0.717) is 24.1 Å². The topological polar surface area (TPSA) is 101 Å². The van der Waals surface area contributed by atoms with Crippen LogP contribution in [-0.4, -0.2) is 41.3 Å². The predicted molar refractivity (Wildman–Crippen MR) is 109 cm³/mol. The van der Waals surface area contributed by atoms with Crippen molar-refractivity contribution in [3.05, 3.63) is 77.8 Å². The second-order valence-corrected chi connectivity index (χ2v) is 7.31. The molecule has 0 fully saturated rings. The fraction of sp³-hybridized carbons (Fsp3) is 0.190. The van der Waals surface area contributed by atoms with Crippen LogP contribution in [-0.2, 0) is 6.42 Å². The van der Waals surface area contributed by atoms with Crippen LogP contribution in [0.15, 0.2) is 59.4 Å². The number of rotatable bonds is 3. The molecule has 0 aliphatic carbocycles. The molecule has 0 saturated carbocycles. The Bertz CT molecular complexity index is 1320. The number of nitrogens with one attached hydrogen (secondary N) is 1. The fourth-order valence-electron chi connectivity index (χ4n) is 3.97. The Kier molecular flexibility index (Phi) is 3.67. The number of aryl methyl sites for hydroxylation is 1. The maximum atomic E-state index is 6.05. The number of pyridine rings is 2. The average molecular weight is 398 g/mol. The van der Waals surface area contributed by atoms with Gasteiger partial charge in [0.1, 0.15) is 11.7 Å². The molecule has 5 aromatic heterocycles. The minimum Gasteiger partial charge on any atom is -0.402 e. The lowest BCUT2D eigenvalue weighted by atomic mass is 10.0. The predicted octanol–water partition coefficient (Wildman–Crippen LogP) is 2.96. The van der Waals surface area contributed by atoms with Crippen LogP contribution in [0.3, 0.4) is 0 Å². The summed E-state index contributed by atoms with van der Waals surface area (Å²) in [5.41, 5.74) is 5.49. The van der Waals surface area contributed by atoms with Crippen molar-refractivity contribution in [2.24, 2.45) is 0 Å². The maximum absolute atomic E-state index is 6.05. The standard InChI is InChI=1S/C21H18N8O/c1-13-5-4-7-16(24-13)20-25-26-21(30-20)28-10-8-15-18(23-12-22-15)19(28)17-11-14-6-2-3-9-29(14)27-17/h2-7,9,11-12,19H,8,10H2,1H3,(H,22,23)/t19-/m1/s1. The minimum absolute atomic E-state index is 0.223. The lowest BCUT2D eigenvalue weighted by molar-refractivity contribution is 0.502. The maximum Gasteiger partial charge on any atom is 0.319 e. The summed E-state index contributed by atoms with van der Waals surface area (Å²) < 4.78 is 7.92. The normalized spacial score (nSPS) is 16.2. The first kappa shape index (κ1) is 16.9. The highest BCUT2D eigenvalue weighted by Crippen LogP contribution is 2.36. The molecule has 0 saturated heterocycles. The number of aromatic amines is 1. The van der Waals surface area contributed by atoms with Crippen molar-refractivity contribution < 1.29 is 4.42 Å². The van der Waals surface area contributed by atoms with Crippen LogP contribution in [0.2, 0.25) is 0 Å². The van der Waals surface area contributed by atoms with Crippen LogP contribution in [0.5, 0.6) is 0 Å². The van der Waals surface area contributed by atoms with Gasteiger partial charge in [0.25, 0.3) is 5.89 Å². The van der Waals surface area contributed by atoms with Gasteiger partial charge in [-0.05, 0) is 37.3 Å². The molecule has 0 bridgehead atoms. The quantitative estimate of drug-likeness (QED) is 0.498. The van der Waals surface area contributed by atoms with E-state index in [0.717, 1.165) is 34.7 Å². The van der Waals surface area contributed by atoms with E-state index in [4.69, 9.17) is 9.52 Å². The first-order chi connectivity index (χ1) is 14.8. The number of H-pyrrole nitrogens is 1. The first-order valence-corrected chi connectivity index (χ1v) is 9.77. The van der Waals surface area contributed by atoms with E-state index in [1.807, 2.05) is 54.0 Å². The summed E-state index contributed by atoms with van der Waals surface area (Å²) in [5, 5.41) is 13.4. The molecular formula is C21H18N8O. The minimum atomic E-state index is -0.223. The molecular weight excluding hydrogens is 380 g/mol. The molecule has 0 aromatic carbocycles. The van der Waals surface area contributed by atoms with Gasteiger partial charge in [0.15, 0.2) is 0 Å². The van der Waals surface area contributed by atoms with E-state index in [2.05, 4.69) is 36.1 Å². The van der Waals surface area contributed by atoms with Crippen LogP contribution < -0.4 is 4.90 Å². The molecule has 9 nitrogen and oxygen atoms in total. The highest BCUT2D eigenvalue weighted by atomic mass is 16.4. The van der Waals surface area contributed by atoms with Gasteiger partial charge in [-0.1, -0.05) is 17.2 Å². The Morgan fingerprint density at radius 1 is 1.13 bits per heavy atom. The number of nitrogens with zero attached hydrogens (tertiary/aromatic N) is 7. The van der Waals surface area contributed by atoms with Crippen molar-refractivity contribution in [1.29, 1.82) is 0 Å². The number of aromatic nitrogens is 7. The third kappa shape index (κ3) is 2.66. The van der Waals surface area contributed by atoms with Crippen molar-refractivity contribution >= 4 is 11.5 Å². The van der Waals surface area contributed by atoms with Gasteiger partial charge in [-0.3, -0.25) is 0 Å². The zero-order chi connectivity index (χ0) is 20.1. The van der Waals surface area contributed by atoms with E-state index in [-0.39, 0.29) is 6.04 Å². The van der Waals surface area contributed by atoms with Gasteiger partial charge >= 0.3 is 6.01 Å². The second-order valence-electron chi connectivity index (χ2n) is 7.31. The Morgan fingerprint density at radius 3 is 3.00 bits per heavy atom. The van der Waals surface area contributed by atoms with Crippen LogP contribution in [0.1, 0.15) is 28.8 Å². The summed E-state index contributed by atoms with van der Waals surface area (Å²) in [5.74, 6) is 0.398. The molecule has 6 heterocycles. The Morgan fingerprint density at radius 2 is 2.10 bits per heavy atom. The lowest BCUT2D eigenvalue weighted by Crippen LogP contribution is -2.36. The molecule has 0 spiro atoms. The number of imidazole rings is 1. The summed E-state index contributed by atoms with van der Waals surface area (Å²) in [4.78, 5) is 14.4. The van der Waals surface area contributed by atoms with Crippen molar-refractivity contribution in [3.8, 4) is 11.6 Å². The summed E-state index contributed by atoms with van der Waals surface area (Å²) in [6.45, 7) is 2.64. The Labute approximate surface area is 171 Å². The Balaban J connectivity index is 1.44. The fourth-order valence-corrected chi connectivity index (χ4v) is 3.97. The van der Waals surface area contributed by atoms with Gasteiger partial charge in [0.2, 0.25) is 0 Å². The van der Waals surface area contributed by atoms with Gasteiger partial charge in [0.05, 0.1) is 23.2 Å². The zero-order valence-corrected chi connectivity index (χ0v) is 16.2. The molecule has 30 heavy (non-hydrogen) atoms. The van der Waals surface area contributed by atoms with E-state index >= 15 is 0 Å². The molecule has 9 heteroatoms. The van der Waals surface area contributed by atoms with Gasteiger partial charge in [-0.15, -0.1) is 5.10 Å². The number of hydrogen-bond donors (Lipinski definition) is 1. The highest BCUT2D eigenvalue weighted by Gasteiger charge is 2.36.